The average Bonchev–Trinajstić information content (AvgIpc) is 3.30. The van der Waals surface area contributed by atoms with Gasteiger partial charge in [-0.1, -0.05) is 18.9 Å². The number of aromatic nitrogens is 2. The second-order valence-corrected chi connectivity index (χ2v) is 8.91. The minimum Gasteiger partial charge on any atom is -0.478 e. The highest BCUT2D eigenvalue weighted by molar-refractivity contribution is 6.02. The molecule has 1 aliphatic heterocycles. The number of carboxylic acid groups (broad SMARTS) is 1. The summed E-state index contributed by atoms with van der Waals surface area (Å²) in [7, 11) is 1.76. The summed E-state index contributed by atoms with van der Waals surface area (Å²) in [6, 6.07) is 5.19. The molecule has 168 valence electrons. The number of anilines is 4. The molecule has 0 radical (unpaired) electrons. The van der Waals surface area contributed by atoms with Gasteiger partial charge in [0.25, 0.3) is 0 Å². The molecule has 1 aliphatic carbocycles. The molecule has 1 aromatic heterocycles. The third-order valence-corrected chi connectivity index (χ3v) is 6.61. The normalized spacial score (nSPS) is 21.3. The number of amides is 1. The van der Waals surface area contributed by atoms with Crippen molar-refractivity contribution in [1.29, 1.82) is 0 Å². The van der Waals surface area contributed by atoms with Gasteiger partial charge in [-0.15, -0.1) is 6.58 Å². The maximum atomic E-state index is 13.2. The number of nitrogens with one attached hydrogen (secondary N) is 1. The second kappa shape index (κ2) is 8.26. The van der Waals surface area contributed by atoms with Crippen LogP contribution in [0.5, 0.6) is 0 Å². The number of carboxylic acids is 1. The maximum Gasteiger partial charge on any atom is 0.335 e. The molecule has 4 rings (SSSR count). The van der Waals surface area contributed by atoms with Crippen molar-refractivity contribution in [3.63, 3.8) is 0 Å². The van der Waals surface area contributed by atoms with E-state index in [0.29, 0.717) is 24.2 Å². The van der Waals surface area contributed by atoms with E-state index in [1.165, 1.54) is 0 Å². The number of carbonyl (C=O) groups excluding carboxylic acids is 1. The van der Waals surface area contributed by atoms with Gasteiger partial charge in [0.1, 0.15) is 5.69 Å². The number of hydrogen-bond acceptors (Lipinski definition) is 6. The minimum absolute atomic E-state index is 0.0290. The Kier molecular flexibility index (Phi) is 5.62. The number of rotatable bonds is 5. The summed E-state index contributed by atoms with van der Waals surface area (Å²) in [5.74, 6) is 0.140. The number of fused-ring (bicyclic) bond motifs is 1. The fraction of sp³-hybridized carbons (Fsp3) is 0.417. The van der Waals surface area contributed by atoms with Crippen LogP contribution < -0.4 is 15.1 Å². The van der Waals surface area contributed by atoms with Crippen LogP contribution >= 0.6 is 0 Å². The zero-order valence-electron chi connectivity index (χ0n) is 18.8. The number of aromatic carboxylic acids is 1. The SMILES string of the molecule is C=CC1(C)CN(C2CCCC2)c2nc(Nc3ccc(C(=O)O)cc3C)ncc2N(C)C1=O. The van der Waals surface area contributed by atoms with E-state index in [1.807, 2.05) is 13.8 Å². The van der Waals surface area contributed by atoms with Crippen LogP contribution in [0.15, 0.2) is 37.1 Å². The smallest absolute Gasteiger partial charge is 0.335 e. The molecule has 1 atom stereocenters. The molecule has 0 saturated heterocycles. The molecule has 0 spiro atoms. The van der Waals surface area contributed by atoms with E-state index in [4.69, 9.17) is 4.98 Å². The van der Waals surface area contributed by atoms with Crippen molar-refractivity contribution in [2.75, 3.05) is 28.7 Å². The Hall–Kier alpha value is -3.42. The third kappa shape index (κ3) is 3.81. The van der Waals surface area contributed by atoms with E-state index < -0.39 is 11.4 Å². The van der Waals surface area contributed by atoms with Crippen LogP contribution in [0.2, 0.25) is 0 Å². The van der Waals surface area contributed by atoms with Crippen molar-refractivity contribution >= 4 is 35.0 Å². The van der Waals surface area contributed by atoms with Crippen molar-refractivity contribution in [1.82, 2.24) is 9.97 Å². The standard InChI is InChI=1S/C24H29N5O3/c1-5-24(3)14-29(17-8-6-7-9-17)20-19(28(4)22(24)32)13-25-23(27-20)26-18-11-10-16(21(30)31)12-15(18)2/h5,10-13,17H,1,6-9,14H2,2-4H3,(H,30,31)(H,25,26,27). The summed E-state index contributed by atoms with van der Waals surface area (Å²) in [5, 5.41) is 12.4. The fourth-order valence-electron chi connectivity index (χ4n) is 4.59. The van der Waals surface area contributed by atoms with Crippen LogP contribution in [-0.2, 0) is 4.79 Å². The van der Waals surface area contributed by atoms with E-state index in [1.54, 1.807) is 42.4 Å². The first-order valence-electron chi connectivity index (χ1n) is 10.9. The Morgan fingerprint density at radius 1 is 1.34 bits per heavy atom. The van der Waals surface area contributed by atoms with Gasteiger partial charge in [-0.3, -0.25) is 4.79 Å². The van der Waals surface area contributed by atoms with Gasteiger partial charge in [-0.25, -0.2) is 9.78 Å². The predicted molar refractivity (Wildman–Crippen MR) is 125 cm³/mol. The van der Waals surface area contributed by atoms with Gasteiger partial charge in [0.05, 0.1) is 17.2 Å². The highest BCUT2D eigenvalue weighted by atomic mass is 16.4. The van der Waals surface area contributed by atoms with Gasteiger partial charge in [0.2, 0.25) is 11.9 Å². The lowest BCUT2D eigenvalue weighted by Gasteiger charge is -2.34. The van der Waals surface area contributed by atoms with Crippen molar-refractivity contribution in [3.05, 3.63) is 48.2 Å². The first-order valence-corrected chi connectivity index (χ1v) is 10.9. The van der Waals surface area contributed by atoms with Crippen molar-refractivity contribution in [3.8, 4) is 0 Å². The highest BCUT2D eigenvalue weighted by Gasteiger charge is 2.42. The molecule has 1 aromatic carbocycles. The molecule has 2 N–H and O–H groups in total. The molecular weight excluding hydrogens is 406 g/mol. The Bertz CT molecular complexity index is 1080. The highest BCUT2D eigenvalue weighted by Crippen LogP contribution is 2.41. The van der Waals surface area contributed by atoms with Crippen molar-refractivity contribution in [2.24, 2.45) is 5.41 Å². The second-order valence-electron chi connectivity index (χ2n) is 8.91. The molecule has 0 bridgehead atoms. The first kappa shape index (κ1) is 21.8. The van der Waals surface area contributed by atoms with E-state index in [9.17, 15) is 14.7 Å². The lowest BCUT2D eigenvalue weighted by atomic mass is 9.88. The van der Waals surface area contributed by atoms with Crippen LogP contribution in [0, 0.1) is 12.3 Å². The molecule has 1 saturated carbocycles. The lowest BCUT2D eigenvalue weighted by Crippen LogP contribution is -2.45. The zero-order chi connectivity index (χ0) is 23.0. The topological polar surface area (TPSA) is 98.7 Å². The first-order chi connectivity index (χ1) is 15.2. The van der Waals surface area contributed by atoms with Crippen molar-refractivity contribution in [2.45, 2.75) is 45.6 Å². The Labute approximate surface area is 188 Å². The van der Waals surface area contributed by atoms with E-state index in [-0.39, 0.29) is 11.5 Å². The molecule has 32 heavy (non-hydrogen) atoms. The lowest BCUT2D eigenvalue weighted by molar-refractivity contribution is -0.124. The van der Waals surface area contributed by atoms with Crippen LogP contribution in [0.3, 0.4) is 0 Å². The molecular formula is C24H29N5O3. The monoisotopic (exact) mass is 435 g/mol. The van der Waals surface area contributed by atoms with Gasteiger partial charge in [0, 0.05) is 25.3 Å². The summed E-state index contributed by atoms with van der Waals surface area (Å²) in [6.45, 7) is 8.22. The van der Waals surface area contributed by atoms with E-state index in [2.05, 4.69) is 21.8 Å². The zero-order valence-corrected chi connectivity index (χ0v) is 18.8. The number of benzene rings is 1. The molecule has 8 nitrogen and oxygen atoms in total. The fourth-order valence-corrected chi connectivity index (χ4v) is 4.59. The molecule has 2 aliphatic rings. The van der Waals surface area contributed by atoms with Gasteiger partial charge < -0.3 is 20.2 Å². The molecule has 1 amide bonds. The molecule has 1 unspecified atom stereocenters. The van der Waals surface area contributed by atoms with E-state index >= 15 is 0 Å². The molecule has 2 aromatic rings. The summed E-state index contributed by atoms with van der Waals surface area (Å²) < 4.78 is 0. The molecule has 1 fully saturated rings. The molecule has 2 heterocycles. The quantitative estimate of drug-likeness (QED) is 0.681. The number of nitrogens with zero attached hydrogens (tertiary/aromatic N) is 4. The van der Waals surface area contributed by atoms with E-state index in [0.717, 1.165) is 42.8 Å². The summed E-state index contributed by atoms with van der Waals surface area (Å²) in [4.78, 5) is 37.6. The average molecular weight is 436 g/mol. The van der Waals surface area contributed by atoms with Crippen LogP contribution in [0.4, 0.5) is 23.1 Å². The summed E-state index contributed by atoms with van der Waals surface area (Å²) in [5.41, 5.74) is 1.69. The Morgan fingerprint density at radius 3 is 2.69 bits per heavy atom. The third-order valence-electron chi connectivity index (χ3n) is 6.61. The van der Waals surface area contributed by atoms with Gasteiger partial charge in [-0.2, -0.15) is 4.98 Å². The van der Waals surface area contributed by atoms with Crippen LogP contribution in [0.1, 0.15) is 48.5 Å². The van der Waals surface area contributed by atoms with Gasteiger partial charge in [0.15, 0.2) is 5.82 Å². The molecule has 8 heteroatoms. The largest absolute Gasteiger partial charge is 0.478 e. The Morgan fingerprint density at radius 2 is 2.06 bits per heavy atom. The van der Waals surface area contributed by atoms with Crippen LogP contribution in [-0.4, -0.2) is 46.6 Å². The van der Waals surface area contributed by atoms with Gasteiger partial charge in [-0.05, 0) is 50.5 Å². The summed E-state index contributed by atoms with van der Waals surface area (Å²) >= 11 is 0. The summed E-state index contributed by atoms with van der Waals surface area (Å²) in [6.07, 6.45) is 7.87. The number of hydrogen-bond donors (Lipinski definition) is 2. The Balaban J connectivity index is 1.75. The predicted octanol–water partition coefficient (Wildman–Crippen LogP) is 4.14. The van der Waals surface area contributed by atoms with Gasteiger partial charge >= 0.3 is 5.97 Å². The van der Waals surface area contributed by atoms with Crippen molar-refractivity contribution < 1.29 is 14.7 Å². The number of aryl methyl sites for hydroxylation is 1. The van der Waals surface area contributed by atoms with Crippen LogP contribution in [0.25, 0.3) is 0 Å². The number of carbonyl (C=O) groups is 2. The minimum atomic E-state index is -0.967. The maximum absolute atomic E-state index is 13.2.